The van der Waals surface area contributed by atoms with Crippen molar-refractivity contribution in [2.24, 2.45) is 0 Å². The van der Waals surface area contributed by atoms with E-state index in [1.54, 1.807) is 0 Å². The average molecular weight is 231 g/mol. The molecule has 16 heavy (non-hydrogen) atoms. The number of hydrogen-bond acceptors (Lipinski definition) is 5. The Labute approximate surface area is 96.0 Å². The zero-order valence-electron chi connectivity index (χ0n) is 9.93. The van der Waals surface area contributed by atoms with Gasteiger partial charge in [-0.25, -0.2) is 0 Å². The number of carbonyl (C=O) groups excluding carboxylic acids is 1. The smallest absolute Gasteiger partial charge is 0.323 e. The van der Waals surface area contributed by atoms with Crippen LogP contribution in [-0.4, -0.2) is 60.0 Å². The van der Waals surface area contributed by atoms with Gasteiger partial charge in [-0.1, -0.05) is 0 Å². The second-order valence-electron chi connectivity index (χ2n) is 4.36. The summed E-state index contributed by atoms with van der Waals surface area (Å²) < 4.78 is 4.75. The molecule has 0 aromatic rings. The van der Waals surface area contributed by atoms with Crippen LogP contribution in [-0.2, 0) is 9.53 Å². The predicted molar refractivity (Wildman–Crippen MR) is 58.9 cm³/mol. The van der Waals surface area contributed by atoms with Crippen LogP contribution >= 0.6 is 0 Å². The van der Waals surface area contributed by atoms with Crippen LogP contribution in [0.2, 0.25) is 0 Å². The summed E-state index contributed by atoms with van der Waals surface area (Å²) >= 11 is 0. The molecule has 0 aromatic heterocycles. The fraction of sp³-hybridized carbons (Fsp3) is 0.909. The molecule has 0 aromatic carbocycles. The molecule has 1 saturated heterocycles. The average Bonchev–Trinajstić information content (AvgIpc) is 2.30. The van der Waals surface area contributed by atoms with Crippen molar-refractivity contribution in [1.29, 1.82) is 0 Å². The standard InChI is InChI=1S/C11H21NO4/c1-12-8(6-9(14)7-13)4-3-5-10(12)11(15)16-2/h8-10,13-14H,3-7H2,1-2H3. The number of hydrogen-bond donors (Lipinski definition) is 2. The summed E-state index contributed by atoms with van der Waals surface area (Å²) in [6.07, 6.45) is 2.49. The lowest BCUT2D eigenvalue weighted by atomic mass is 9.93. The molecular formula is C11H21NO4. The topological polar surface area (TPSA) is 70.0 Å². The van der Waals surface area contributed by atoms with E-state index in [0.717, 1.165) is 19.3 Å². The van der Waals surface area contributed by atoms with Gasteiger partial charge in [-0.15, -0.1) is 0 Å². The SMILES string of the molecule is COC(=O)C1CCCC(CC(O)CO)N1C. The number of aliphatic hydroxyl groups is 2. The molecule has 0 aliphatic carbocycles. The molecule has 0 spiro atoms. The van der Waals surface area contributed by atoms with E-state index in [0.29, 0.717) is 6.42 Å². The molecule has 1 aliphatic heterocycles. The van der Waals surface area contributed by atoms with E-state index in [-0.39, 0.29) is 24.7 Å². The van der Waals surface area contributed by atoms with E-state index in [2.05, 4.69) is 0 Å². The van der Waals surface area contributed by atoms with Crippen LogP contribution in [0.25, 0.3) is 0 Å². The van der Waals surface area contributed by atoms with Gasteiger partial charge in [-0.3, -0.25) is 9.69 Å². The number of piperidine rings is 1. The molecule has 5 heteroatoms. The van der Waals surface area contributed by atoms with Gasteiger partial charge in [0.15, 0.2) is 0 Å². The Morgan fingerprint density at radius 1 is 1.56 bits per heavy atom. The Hall–Kier alpha value is -0.650. The van der Waals surface area contributed by atoms with Crippen molar-refractivity contribution in [1.82, 2.24) is 4.90 Å². The van der Waals surface area contributed by atoms with Crippen LogP contribution in [0.15, 0.2) is 0 Å². The fourth-order valence-corrected chi connectivity index (χ4v) is 2.30. The first kappa shape index (κ1) is 13.4. The number of aliphatic hydroxyl groups excluding tert-OH is 2. The number of carbonyl (C=O) groups is 1. The molecule has 1 rings (SSSR count). The highest BCUT2D eigenvalue weighted by Crippen LogP contribution is 2.24. The van der Waals surface area contributed by atoms with Crippen molar-refractivity contribution in [2.45, 2.75) is 43.9 Å². The minimum absolute atomic E-state index is 0.139. The van der Waals surface area contributed by atoms with Crippen molar-refractivity contribution in [3.63, 3.8) is 0 Å². The summed E-state index contributed by atoms with van der Waals surface area (Å²) in [4.78, 5) is 13.5. The lowest BCUT2D eigenvalue weighted by Gasteiger charge is -2.38. The Morgan fingerprint density at radius 3 is 2.81 bits per heavy atom. The van der Waals surface area contributed by atoms with Gasteiger partial charge < -0.3 is 14.9 Å². The van der Waals surface area contributed by atoms with Gasteiger partial charge >= 0.3 is 5.97 Å². The largest absolute Gasteiger partial charge is 0.468 e. The first-order valence-corrected chi connectivity index (χ1v) is 5.68. The summed E-state index contributed by atoms with van der Waals surface area (Å²) in [6.45, 7) is -0.229. The summed E-state index contributed by atoms with van der Waals surface area (Å²) in [5.41, 5.74) is 0. The molecule has 1 fully saturated rings. The van der Waals surface area contributed by atoms with Gasteiger partial charge in [0.25, 0.3) is 0 Å². The Bertz CT molecular complexity index is 234. The zero-order valence-corrected chi connectivity index (χ0v) is 9.93. The van der Waals surface area contributed by atoms with Crippen molar-refractivity contribution < 1.29 is 19.7 Å². The van der Waals surface area contributed by atoms with Crippen molar-refractivity contribution >= 4 is 5.97 Å². The van der Waals surface area contributed by atoms with E-state index in [1.807, 2.05) is 11.9 Å². The summed E-state index contributed by atoms with van der Waals surface area (Å²) in [5.74, 6) is -0.217. The third-order valence-corrected chi connectivity index (χ3v) is 3.31. The molecule has 3 atom stereocenters. The maximum Gasteiger partial charge on any atom is 0.323 e. The maximum atomic E-state index is 11.5. The summed E-state index contributed by atoms with van der Waals surface area (Å²) in [5, 5.41) is 18.2. The van der Waals surface area contributed by atoms with Crippen molar-refractivity contribution in [3.05, 3.63) is 0 Å². The lowest BCUT2D eigenvalue weighted by Crippen LogP contribution is -2.49. The van der Waals surface area contributed by atoms with Gasteiger partial charge in [-0.05, 0) is 32.7 Å². The molecule has 1 aliphatic rings. The van der Waals surface area contributed by atoms with Crippen LogP contribution in [0, 0.1) is 0 Å². The second kappa shape index (κ2) is 6.18. The van der Waals surface area contributed by atoms with Gasteiger partial charge in [0, 0.05) is 6.04 Å². The van der Waals surface area contributed by atoms with E-state index in [4.69, 9.17) is 9.84 Å². The molecule has 0 bridgehead atoms. The van der Waals surface area contributed by atoms with Gasteiger partial charge in [-0.2, -0.15) is 0 Å². The van der Waals surface area contributed by atoms with E-state index in [1.165, 1.54) is 7.11 Å². The van der Waals surface area contributed by atoms with E-state index < -0.39 is 6.10 Å². The Kier molecular flexibility index (Phi) is 5.18. The third-order valence-electron chi connectivity index (χ3n) is 3.31. The zero-order chi connectivity index (χ0) is 12.1. The predicted octanol–water partition coefficient (Wildman–Crippen LogP) is -0.244. The van der Waals surface area contributed by atoms with Crippen LogP contribution in [0.4, 0.5) is 0 Å². The van der Waals surface area contributed by atoms with Crippen LogP contribution in [0.3, 0.4) is 0 Å². The molecule has 2 N–H and O–H groups in total. The number of ether oxygens (including phenoxy) is 1. The Balaban J connectivity index is 2.56. The quantitative estimate of drug-likeness (QED) is 0.653. The Morgan fingerprint density at radius 2 is 2.25 bits per heavy atom. The van der Waals surface area contributed by atoms with Gasteiger partial charge in [0.2, 0.25) is 0 Å². The molecular weight excluding hydrogens is 210 g/mol. The molecule has 3 unspecified atom stereocenters. The second-order valence-corrected chi connectivity index (χ2v) is 4.36. The molecule has 0 saturated carbocycles. The molecule has 0 amide bonds. The van der Waals surface area contributed by atoms with Crippen LogP contribution < -0.4 is 0 Å². The van der Waals surface area contributed by atoms with E-state index >= 15 is 0 Å². The number of likely N-dealkylation sites (N-methyl/N-ethyl adjacent to an activating group) is 1. The normalized spacial score (nSPS) is 28.8. The van der Waals surface area contributed by atoms with E-state index in [9.17, 15) is 9.90 Å². The molecule has 5 nitrogen and oxygen atoms in total. The lowest BCUT2D eigenvalue weighted by molar-refractivity contribution is -0.149. The van der Waals surface area contributed by atoms with Crippen LogP contribution in [0.5, 0.6) is 0 Å². The highest BCUT2D eigenvalue weighted by molar-refractivity contribution is 5.75. The number of likely N-dealkylation sites (tertiary alicyclic amines) is 1. The number of rotatable bonds is 4. The van der Waals surface area contributed by atoms with Gasteiger partial charge in [0.05, 0.1) is 19.8 Å². The first-order chi connectivity index (χ1) is 7.60. The highest BCUT2D eigenvalue weighted by Gasteiger charge is 2.33. The maximum absolute atomic E-state index is 11.5. The van der Waals surface area contributed by atoms with Crippen molar-refractivity contribution in [2.75, 3.05) is 20.8 Å². The van der Waals surface area contributed by atoms with Crippen LogP contribution in [0.1, 0.15) is 25.7 Å². The minimum Gasteiger partial charge on any atom is -0.468 e. The monoisotopic (exact) mass is 231 g/mol. The highest BCUT2D eigenvalue weighted by atomic mass is 16.5. The molecule has 0 radical (unpaired) electrons. The summed E-state index contributed by atoms with van der Waals surface area (Å²) in [6, 6.07) is -0.0744. The molecule has 94 valence electrons. The fourth-order valence-electron chi connectivity index (χ4n) is 2.30. The third kappa shape index (κ3) is 3.17. The number of esters is 1. The van der Waals surface area contributed by atoms with Crippen molar-refractivity contribution in [3.8, 4) is 0 Å². The van der Waals surface area contributed by atoms with Gasteiger partial charge in [0.1, 0.15) is 6.04 Å². The minimum atomic E-state index is -0.705. The number of nitrogens with zero attached hydrogens (tertiary/aromatic N) is 1. The molecule has 1 heterocycles. The first-order valence-electron chi connectivity index (χ1n) is 5.68. The summed E-state index contributed by atoms with van der Waals surface area (Å²) in [7, 11) is 3.26. The number of methoxy groups -OCH3 is 1.